The van der Waals surface area contributed by atoms with E-state index < -0.39 is 11.6 Å². The number of hydrogen-bond donors (Lipinski definition) is 2. The predicted octanol–water partition coefficient (Wildman–Crippen LogP) is 3.91. The number of nitrogens with one attached hydrogen (secondary N) is 1. The number of benzene rings is 2. The van der Waals surface area contributed by atoms with Gasteiger partial charge in [0.05, 0.1) is 5.69 Å². The first kappa shape index (κ1) is 12.4. The van der Waals surface area contributed by atoms with Gasteiger partial charge in [-0.25, -0.2) is 8.78 Å². The van der Waals surface area contributed by atoms with Crippen molar-refractivity contribution in [1.82, 2.24) is 0 Å². The van der Waals surface area contributed by atoms with E-state index in [1.165, 1.54) is 6.92 Å². The summed E-state index contributed by atoms with van der Waals surface area (Å²) in [5.74, 6) is -0.938. The van der Waals surface area contributed by atoms with Gasteiger partial charge < -0.3 is 11.1 Å². The van der Waals surface area contributed by atoms with Crippen molar-refractivity contribution in [2.45, 2.75) is 13.8 Å². The first-order valence-corrected chi connectivity index (χ1v) is 5.56. The Labute approximate surface area is 104 Å². The van der Waals surface area contributed by atoms with E-state index in [-0.39, 0.29) is 11.3 Å². The van der Waals surface area contributed by atoms with Crippen LogP contribution in [-0.2, 0) is 0 Å². The SMILES string of the molecule is Cc1ccc(Nc2cc(F)c(C)cc2F)cc1N. The van der Waals surface area contributed by atoms with Gasteiger partial charge in [-0.2, -0.15) is 0 Å². The fourth-order valence-corrected chi connectivity index (χ4v) is 1.62. The summed E-state index contributed by atoms with van der Waals surface area (Å²) in [6, 6.07) is 7.57. The Hall–Kier alpha value is -2.10. The molecule has 0 aromatic heterocycles. The van der Waals surface area contributed by atoms with Gasteiger partial charge in [-0.1, -0.05) is 6.07 Å². The Balaban J connectivity index is 2.34. The molecule has 0 fully saturated rings. The summed E-state index contributed by atoms with van der Waals surface area (Å²) in [5, 5.41) is 2.81. The molecule has 3 N–H and O–H groups in total. The van der Waals surface area contributed by atoms with Crippen molar-refractivity contribution in [2.75, 3.05) is 11.1 Å². The lowest BCUT2D eigenvalue weighted by molar-refractivity contribution is 0.595. The summed E-state index contributed by atoms with van der Waals surface area (Å²) in [6.07, 6.45) is 0. The topological polar surface area (TPSA) is 38.0 Å². The van der Waals surface area contributed by atoms with Gasteiger partial charge in [0.15, 0.2) is 0 Å². The van der Waals surface area contributed by atoms with E-state index in [9.17, 15) is 8.78 Å². The van der Waals surface area contributed by atoms with E-state index in [2.05, 4.69) is 5.32 Å². The molecule has 0 saturated heterocycles. The second-order valence-electron chi connectivity index (χ2n) is 4.28. The highest BCUT2D eigenvalue weighted by Gasteiger charge is 2.07. The highest BCUT2D eigenvalue weighted by Crippen LogP contribution is 2.25. The van der Waals surface area contributed by atoms with Crippen LogP contribution < -0.4 is 11.1 Å². The molecule has 0 unspecified atom stereocenters. The van der Waals surface area contributed by atoms with E-state index in [1.54, 1.807) is 12.1 Å². The normalized spacial score (nSPS) is 10.4. The lowest BCUT2D eigenvalue weighted by Crippen LogP contribution is -1.98. The number of halogens is 2. The average Bonchev–Trinajstić information content (AvgIpc) is 2.31. The van der Waals surface area contributed by atoms with Crippen molar-refractivity contribution in [3.05, 3.63) is 53.1 Å². The molecule has 0 spiro atoms. The molecule has 4 heteroatoms. The van der Waals surface area contributed by atoms with Crippen molar-refractivity contribution in [2.24, 2.45) is 0 Å². The van der Waals surface area contributed by atoms with Crippen LogP contribution >= 0.6 is 0 Å². The van der Waals surface area contributed by atoms with Crippen molar-refractivity contribution in [3.63, 3.8) is 0 Å². The molecule has 2 nitrogen and oxygen atoms in total. The number of anilines is 3. The Morgan fingerprint density at radius 2 is 1.67 bits per heavy atom. The summed E-state index contributed by atoms with van der Waals surface area (Å²) >= 11 is 0. The van der Waals surface area contributed by atoms with Gasteiger partial charge in [0, 0.05) is 17.4 Å². The summed E-state index contributed by atoms with van der Waals surface area (Å²) < 4.78 is 27.0. The second kappa shape index (κ2) is 4.64. The lowest BCUT2D eigenvalue weighted by atomic mass is 10.1. The van der Waals surface area contributed by atoms with Gasteiger partial charge in [0.1, 0.15) is 11.6 Å². The zero-order valence-corrected chi connectivity index (χ0v) is 10.2. The molecule has 0 atom stereocenters. The van der Waals surface area contributed by atoms with Crippen LogP contribution in [0.1, 0.15) is 11.1 Å². The minimum absolute atomic E-state index is 0.0985. The summed E-state index contributed by atoms with van der Waals surface area (Å²) in [6.45, 7) is 3.40. The number of aryl methyl sites for hydroxylation is 2. The summed E-state index contributed by atoms with van der Waals surface area (Å²) in [4.78, 5) is 0. The first-order chi connectivity index (χ1) is 8.47. The smallest absolute Gasteiger partial charge is 0.147 e. The zero-order chi connectivity index (χ0) is 13.3. The van der Waals surface area contributed by atoms with E-state index >= 15 is 0 Å². The predicted molar refractivity (Wildman–Crippen MR) is 70.0 cm³/mol. The molecule has 18 heavy (non-hydrogen) atoms. The molecular formula is C14H14F2N2. The molecule has 94 valence electrons. The fourth-order valence-electron chi connectivity index (χ4n) is 1.62. The van der Waals surface area contributed by atoms with E-state index in [0.717, 1.165) is 17.7 Å². The van der Waals surface area contributed by atoms with Crippen molar-refractivity contribution >= 4 is 17.1 Å². The van der Waals surface area contributed by atoms with Gasteiger partial charge in [-0.15, -0.1) is 0 Å². The first-order valence-electron chi connectivity index (χ1n) is 5.56. The van der Waals surface area contributed by atoms with Crippen molar-refractivity contribution in [3.8, 4) is 0 Å². The largest absolute Gasteiger partial charge is 0.398 e. The molecule has 0 bridgehead atoms. The molecule has 0 aliphatic heterocycles. The van der Waals surface area contributed by atoms with Crippen LogP contribution in [-0.4, -0.2) is 0 Å². The summed E-state index contributed by atoms with van der Waals surface area (Å²) in [5.41, 5.74) is 8.31. The highest BCUT2D eigenvalue weighted by atomic mass is 19.1. The molecule has 2 aromatic carbocycles. The Kier molecular flexibility index (Phi) is 3.19. The minimum Gasteiger partial charge on any atom is -0.398 e. The van der Waals surface area contributed by atoms with Gasteiger partial charge in [0.25, 0.3) is 0 Å². The number of nitrogens with two attached hydrogens (primary N) is 1. The van der Waals surface area contributed by atoms with E-state index in [4.69, 9.17) is 5.73 Å². The Morgan fingerprint density at radius 1 is 0.944 bits per heavy atom. The molecular weight excluding hydrogens is 234 g/mol. The molecule has 0 aliphatic rings. The van der Waals surface area contributed by atoms with Crippen LogP contribution in [0.15, 0.2) is 30.3 Å². The third-order valence-electron chi connectivity index (χ3n) is 2.81. The maximum Gasteiger partial charge on any atom is 0.147 e. The van der Waals surface area contributed by atoms with Crippen LogP contribution in [0.3, 0.4) is 0 Å². The van der Waals surface area contributed by atoms with Crippen LogP contribution in [0.25, 0.3) is 0 Å². The van der Waals surface area contributed by atoms with Gasteiger partial charge in [0.2, 0.25) is 0 Å². The standard InChI is InChI=1S/C14H14F2N2/c1-8-3-4-10(6-13(8)17)18-14-7-11(15)9(2)5-12(14)16/h3-7,18H,17H2,1-2H3. The summed E-state index contributed by atoms with van der Waals surface area (Å²) in [7, 11) is 0. The van der Waals surface area contributed by atoms with Gasteiger partial charge in [-0.3, -0.25) is 0 Å². The van der Waals surface area contributed by atoms with Crippen LogP contribution in [0.4, 0.5) is 25.8 Å². The van der Waals surface area contributed by atoms with Crippen LogP contribution in [0.2, 0.25) is 0 Å². The van der Waals surface area contributed by atoms with Crippen molar-refractivity contribution < 1.29 is 8.78 Å². The molecule has 0 radical (unpaired) electrons. The molecule has 0 aliphatic carbocycles. The maximum absolute atomic E-state index is 13.6. The molecule has 0 amide bonds. The average molecular weight is 248 g/mol. The third kappa shape index (κ3) is 2.42. The van der Waals surface area contributed by atoms with Gasteiger partial charge >= 0.3 is 0 Å². The lowest BCUT2D eigenvalue weighted by Gasteiger charge is -2.10. The van der Waals surface area contributed by atoms with E-state index in [1.807, 2.05) is 13.0 Å². The molecule has 0 saturated carbocycles. The van der Waals surface area contributed by atoms with Crippen LogP contribution in [0, 0.1) is 25.5 Å². The quantitative estimate of drug-likeness (QED) is 0.791. The molecule has 0 heterocycles. The number of nitrogen functional groups attached to an aromatic ring is 1. The van der Waals surface area contributed by atoms with Crippen molar-refractivity contribution in [1.29, 1.82) is 0 Å². The maximum atomic E-state index is 13.6. The van der Waals surface area contributed by atoms with Gasteiger partial charge in [-0.05, 0) is 43.2 Å². The molecule has 2 aromatic rings. The Morgan fingerprint density at radius 3 is 2.33 bits per heavy atom. The highest BCUT2D eigenvalue weighted by molar-refractivity contribution is 5.66. The van der Waals surface area contributed by atoms with E-state index in [0.29, 0.717) is 11.4 Å². The second-order valence-corrected chi connectivity index (χ2v) is 4.28. The number of rotatable bonds is 2. The third-order valence-corrected chi connectivity index (χ3v) is 2.81. The minimum atomic E-state index is -0.493. The fraction of sp³-hybridized carbons (Fsp3) is 0.143. The number of hydrogen-bond acceptors (Lipinski definition) is 2. The Bertz CT molecular complexity index is 595. The zero-order valence-electron chi connectivity index (χ0n) is 10.2. The monoisotopic (exact) mass is 248 g/mol. The van der Waals surface area contributed by atoms with Crippen LogP contribution in [0.5, 0.6) is 0 Å². The molecule has 2 rings (SSSR count).